The number of rotatable bonds is 4. The molecule has 1 aliphatic carbocycles. The van der Waals surface area contributed by atoms with Crippen LogP contribution in [0.25, 0.3) is 0 Å². The fourth-order valence-electron chi connectivity index (χ4n) is 5.55. The number of nitrogens with zero attached hydrogens (tertiary/aromatic N) is 2. The molecule has 3 fully saturated rings. The summed E-state index contributed by atoms with van der Waals surface area (Å²) in [4.78, 5) is 18.4. The lowest BCUT2D eigenvalue weighted by Gasteiger charge is -2.54. The zero-order valence-corrected chi connectivity index (χ0v) is 17.3. The molecule has 1 N–H and O–H groups in total. The fraction of sp³-hybridized carbons (Fsp3) is 0.696. The Kier molecular flexibility index (Phi) is 6.04. The third-order valence-corrected chi connectivity index (χ3v) is 7.28. The second-order valence-electron chi connectivity index (χ2n) is 8.87. The molecule has 1 saturated carbocycles. The molecule has 1 aromatic rings. The van der Waals surface area contributed by atoms with Crippen molar-refractivity contribution in [1.29, 1.82) is 0 Å². The number of hydrogen-bond acceptors (Lipinski definition) is 4. The molecule has 0 atom stereocenters. The second-order valence-corrected chi connectivity index (χ2v) is 8.87. The minimum Gasteiger partial charge on any atom is -0.368 e. The van der Waals surface area contributed by atoms with E-state index in [0.29, 0.717) is 0 Å². The predicted molar refractivity (Wildman–Crippen MR) is 111 cm³/mol. The Hall–Kier alpha value is -1.43. The van der Waals surface area contributed by atoms with E-state index in [1.54, 1.807) is 7.11 Å². The standard InChI is InChI=1S/C23H35N3O2/c1-28-23(12-14-24-15-13-23)21(27)25-16-17-26(18-20-8-4-2-5-9-20)22(19-25)10-6-3-7-11-22/h2,4-5,8-9,24H,3,6-7,10-19H2,1H3. The molecule has 0 aromatic heterocycles. The van der Waals surface area contributed by atoms with Crippen molar-refractivity contribution in [2.75, 3.05) is 39.8 Å². The summed E-state index contributed by atoms with van der Waals surface area (Å²) in [6.45, 7) is 5.33. The Labute approximate surface area is 169 Å². The van der Waals surface area contributed by atoms with Gasteiger partial charge in [-0.3, -0.25) is 9.69 Å². The van der Waals surface area contributed by atoms with E-state index < -0.39 is 5.60 Å². The lowest BCUT2D eigenvalue weighted by Crippen LogP contribution is -2.66. The lowest BCUT2D eigenvalue weighted by atomic mass is 9.77. The zero-order valence-electron chi connectivity index (χ0n) is 17.3. The predicted octanol–water partition coefficient (Wildman–Crippen LogP) is 2.80. The van der Waals surface area contributed by atoms with Crippen molar-refractivity contribution in [2.45, 2.75) is 62.6 Å². The first-order valence-corrected chi connectivity index (χ1v) is 11.0. The largest absolute Gasteiger partial charge is 0.368 e. The van der Waals surface area contributed by atoms with Crippen molar-refractivity contribution in [3.8, 4) is 0 Å². The van der Waals surface area contributed by atoms with Gasteiger partial charge in [-0.2, -0.15) is 0 Å². The smallest absolute Gasteiger partial charge is 0.255 e. The van der Waals surface area contributed by atoms with Gasteiger partial charge in [0.1, 0.15) is 5.60 Å². The molecule has 5 nitrogen and oxygen atoms in total. The van der Waals surface area contributed by atoms with E-state index in [9.17, 15) is 4.79 Å². The fourth-order valence-corrected chi connectivity index (χ4v) is 5.55. The molecule has 3 aliphatic rings. The van der Waals surface area contributed by atoms with Crippen LogP contribution in [0.15, 0.2) is 30.3 Å². The van der Waals surface area contributed by atoms with E-state index >= 15 is 0 Å². The zero-order chi connectivity index (χ0) is 19.5. The van der Waals surface area contributed by atoms with E-state index in [0.717, 1.165) is 52.1 Å². The number of ether oxygens (including phenoxy) is 1. The quantitative estimate of drug-likeness (QED) is 0.866. The topological polar surface area (TPSA) is 44.8 Å². The van der Waals surface area contributed by atoms with Crippen LogP contribution in [0.4, 0.5) is 0 Å². The molecular formula is C23H35N3O2. The molecule has 1 amide bonds. The number of hydrogen-bond donors (Lipinski definition) is 1. The maximum absolute atomic E-state index is 13.6. The van der Waals surface area contributed by atoms with Crippen molar-refractivity contribution >= 4 is 5.91 Å². The summed E-state index contributed by atoms with van der Waals surface area (Å²) in [6, 6.07) is 10.8. The second kappa shape index (κ2) is 8.52. The molecule has 28 heavy (non-hydrogen) atoms. The van der Waals surface area contributed by atoms with Gasteiger partial charge in [-0.25, -0.2) is 0 Å². The minimum atomic E-state index is -0.622. The summed E-state index contributed by atoms with van der Waals surface area (Å²) in [5.41, 5.74) is 0.881. The van der Waals surface area contributed by atoms with Gasteiger partial charge in [-0.1, -0.05) is 49.6 Å². The Bertz CT molecular complexity index is 651. The summed E-state index contributed by atoms with van der Waals surface area (Å²) in [6.07, 6.45) is 7.82. The van der Waals surface area contributed by atoms with Crippen LogP contribution in [0.5, 0.6) is 0 Å². The number of piperidine rings is 1. The number of amides is 1. The third kappa shape index (κ3) is 3.85. The monoisotopic (exact) mass is 385 g/mol. The molecule has 4 rings (SSSR count). The highest BCUT2D eigenvalue weighted by Crippen LogP contribution is 2.39. The minimum absolute atomic E-state index is 0.129. The van der Waals surface area contributed by atoms with Crippen LogP contribution in [0.3, 0.4) is 0 Å². The maximum Gasteiger partial charge on any atom is 0.255 e. The number of nitrogens with one attached hydrogen (secondary N) is 1. The van der Waals surface area contributed by atoms with Gasteiger partial charge >= 0.3 is 0 Å². The molecule has 0 unspecified atom stereocenters. The van der Waals surface area contributed by atoms with Crippen LogP contribution < -0.4 is 5.32 Å². The van der Waals surface area contributed by atoms with Gasteiger partial charge in [0.15, 0.2) is 0 Å². The Morgan fingerprint density at radius 3 is 2.43 bits per heavy atom. The number of benzene rings is 1. The van der Waals surface area contributed by atoms with Gasteiger partial charge in [0.2, 0.25) is 0 Å². The van der Waals surface area contributed by atoms with Crippen LogP contribution >= 0.6 is 0 Å². The molecule has 154 valence electrons. The SMILES string of the molecule is COC1(C(=O)N2CCN(Cc3ccccc3)C3(CCCCC3)C2)CCNCC1. The first kappa shape index (κ1) is 19.9. The number of piperazine rings is 1. The average Bonchev–Trinajstić information content (AvgIpc) is 2.76. The van der Waals surface area contributed by atoms with Crippen molar-refractivity contribution in [3.63, 3.8) is 0 Å². The first-order valence-electron chi connectivity index (χ1n) is 11.0. The number of carbonyl (C=O) groups excluding carboxylic acids is 1. The molecular weight excluding hydrogens is 350 g/mol. The van der Waals surface area contributed by atoms with Crippen molar-refractivity contribution in [2.24, 2.45) is 0 Å². The normalized spacial score (nSPS) is 25.0. The summed E-state index contributed by atoms with van der Waals surface area (Å²) in [5, 5.41) is 3.36. The van der Waals surface area contributed by atoms with Crippen molar-refractivity contribution in [1.82, 2.24) is 15.1 Å². The molecule has 0 bridgehead atoms. The first-order chi connectivity index (χ1) is 13.7. The summed E-state index contributed by atoms with van der Waals surface area (Å²) in [7, 11) is 1.71. The number of carbonyl (C=O) groups is 1. The Morgan fingerprint density at radius 2 is 1.75 bits per heavy atom. The molecule has 0 radical (unpaired) electrons. The Balaban J connectivity index is 1.53. The van der Waals surface area contributed by atoms with Crippen molar-refractivity contribution in [3.05, 3.63) is 35.9 Å². The van der Waals surface area contributed by atoms with E-state index in [1.165, 1.54) is 37.7 Å². The highest BCUT2D eigenvalue weighted by molar-refractivity contribution is 5.85. The van der Waals surface area contributed by atoms with Gasteiger partial charge in [0.25, 0.3) is 5.91 Å². The van der Waals surface area contributed by atoms with Gasteiger partial charge in [-0.05, 0) is 44.3 Å². The average molecular weight is 386 g/mol. The van der Waals surface area contributed by atoms with Gasteiger partial charge in [-0.15, -0.1) is 0 Å². The van der Waals surface area contributed by atoms with Crippen LogP contribution in [-0.4, -0.2) is 66.7 Å². The highest BCUT2D eigenvalue weighted by Gasteiger charge is 2.48. The molecule has 1 aromatic carbocycles. The summed E-state index contributed by atoms with van der Waals surface area (Å²) in [5.74, 6) is 0.223. The van der Waals surface area contributed by atoms with Gasteiger partial charge < -0.3 is 15.0 Å². The number of methoxy groups -OCH3 is 1. The Morgan fingerprint density at radius 1 is 1.04 bits per heavy atom. The molecule has 5 heteroatoms. The van der Waals surface area contributed by atoms with E-state index in [2.05, 4.69) is 45.4 Å². The molecule has 1 spiro atoms. The molecule has 2 aliphatic heterocycles. The summed E-state index contributed by atoms with van der Waals surface area (Å²) >= 11 is 0. The van der Waals surface area contributed by atoms with Gasteiger partial charge in [0.05, 0.1) is 0 Å². The molecule has 2 saturated heterocycles. The van der Waals surface area contributed by atoms with E-state index in [-0.39, 0.29) is 11.4 Å². The lowest BCUT2D eigenvalue weighted by molar-refractivity contribution is -0.165. The van der Waals surface area contributed by atoms with Crippen LogP contribution in [-0.2, 0) is 16.1 Å². The van der Waals surface area contributed by atoms with Crippen molar-refractivity contribution < 1.29 is 9.53 Å². The van der Waals surface area contributed by atoms with Crippen LogP contribution in [0, 0.1) is 0 Å². The highest BCUT2D eigenvalue weighted by atomic mass is 16.5. The molecule has 2 heterocycles. The maximum atomic E-state index is 13.6. The van der Waals surface area contributed by atoms with E-state index in [4.69, 9.17) is 4.74 Å². The van der Waals surface area contributed by atoms with Gasteiger partial charge in [0, 0.05) is 38.8 Å². The van der Waals surface area contributed by atoms with Crippen LogP contribution in [0.1, 0.15) is 50.5 Å². The van der Waals surface area contributed by atoms with E-state index in [1.807, 2.05) is 0 Å². The van der Waals surface area contributed by atoms with Crippen LogP contribution in [0.2, 0.25) is 0 Å². The third-order valence-electron chi connectivity index (χ3n) is 7.28. The summed E-state index contributed by atoms with van der Waals surface area (Å²) < 4.78 is 5.85.